The molecule has 0 bridgehead atoms. The van der Waals surface area contributed by atoms with Crippen molar-refractivity contribution < 1.29 is 14.5 Å². The van der Waals surface area contributed by atoms with Crippen LogP contribution in [0, 0.1) is 24.0 Å². The predicted octanol–water partition coefficient (Wildman–Crippen LogP) is 4.10. The first-order chi connectivity index (χ1) is 11.8. The fraction of sp³-hybridized carbons (Fsp3) is 0.278. The van der Waals surface area contributed by atoms with Crippen LogP contribution in [0.5, 0.6) is 5.75 Å². The zero-order valence-corrected chi connectivity index (χ0v) is 14.6. The van der Waals surface area contributed by atoms with Gasteiger partial charge < -0.3 is 15.4 Å². The summed E-state index contributed by atoms with van der Waals surface area (Å²) >= 11 is 0. The van der Waals surface area contributed by atoms with E-state index < -0.39 is 11.0 Å². The third kappa shape index (κ3) is 4.47. The fourth-order valence-corrected chi connectivity index (χ4v) is 2.55. The van der Waals surface area contributed by atoms with Crippen molar-refractivity contribution in [2.24, 2.45) is 0 Å². The molecular weight excluding hydrogens is 322 g/mol. The van der Waals surface area contributed by atoms with E-state index in [9.17, 15) is 14.9 Å². The average molecular weight is 343 g/mol. The van der Waals surface area contributed by atoms with Gasteiger partial charge in [-0.1, -0.05) is 23.8 Å². The van der Waals surface area contributed by atoms with Gasteiger partial charge in [-0.3, -0.25) is 10.1 Å². The lowest BCUT2D eigenvalue weighted by molar-refractivity contribution is -0.384. The number of ether oxygens (including phenoxy) is 1. The van der Waals surface area contributed by atoms with Gasteiger partial charge in [0.1, 0.15) is 11.4 Å². The summed E-state index contributed by atoms with van der Waals surface area (Å²) in [5.41, 5.74) is 3.04. The number of nitrogens with one attached hydrogen (secondary N) is 2. The fourth-order valence-electron chi connectivity index (χ4n) is 2.55. The van der Waals surface area contributed by atoms with E-state index in [1.165, 1.54) is 19.2 Å². The van der Waals surface area contributed by atoms with Gasteiger partial charge >= 0.3 is 6.03 Å². The summed E-state index contributed by atoms with van der Waals surface area (Å²) < 4.78 is 4.98. The molecule has 2 N–H and O–H groups in total. The Morgan fingerprint density at radius 2 is 1.92 bits per heavy atom. The predicted molar refractivity (Wildman–Crippen MR) is 96.1 cm³/mol. The van der Waals surface area contributed by atoms with Crippen molar-refractivity contribution >= 4 is 17.4 Å². The molecule has 0 spiro atoms. The highest BCUT2D eigenvalue weighted by atomic mass is 16.6. The highest BCUT2D eigenvalue weighted by Gasteiger charge is 2.18. The highest BCUT2D eigenvalue weighted by molar-refractivity contribution is 5.92. The molecule has 0 aliphatic heterocycles. The van der Waals surface area contributed by atoms with Crippen molar-refractivity contribution in [1.82, 2.24) is 5.32 Å². The Kier molecular flexibility index (Phi) is 5.59. The van der Waals surface area contributed by atoms with Gasteiger partial charge in [0, 0.05) is 0 Å². The van der Waals surface area contributed by atoms with Crippen LogP contribution in [-0.2, 0) is 0 Å². The number of hydrogen-bond donors (Lipinski definition) is 2. The molecular formula is C18H21N3O4. The first-order valence-corrected chi connectivity index (χ1v) is 7.79. The zero-order valence-electron chi connectivity index (χ0n) is 14.6. The van der Waals surface area contributed by atoms with Gasteiger partial charge in [0.05, 0.1) is 24.1 Å². The molecule has 7 nitrogen and oxygen atoms in total. The van der Waals surface area contributed by atoms with Crippen LogP contribution in [-0.4, -0.2) is 18.1 Å². The molecule has 0 aromatic heterocycles. The number of nitro groups is 1. The number of methoxy groups -OCH3 is 1. The number of anilines is 1. The largest absolute Gasteiger partial charge is 0.496 e. The van der Waals surface area contributed by atoms with Crippen LogP contribution in [0.1, 0.15) is 29.7 Å². The number of nitrogens with zero attached hydrogens (tertiary/aromatic N) is 1. The van der Waals surface area contributed by atoms with E-state index in [1.54, 1.807) is 6.07 Å². The minimum Gasteiger partial charge on any atom is -0.496 e. The van der Waals surface area contributed by atoms with Gasteiger partial charge in [-0.05, 0) is 44.0 Å². The molecule has 0 unspecified atom stereocenters. The number of amides is 2. The van der Waals surface area contributed by atoms with E-state index in [-0.39, 0.29) is 17.4 Å². The van der Waals surface area contributed by atoms with Crippen LogP contribution in [0.4, 0.5) is 16.2 Å². The zero-order chi connectivity index (χ0) is 18.6. The van der Waals surface area contributed by atoms with E-state index in [1.807, 2.05) is 39.0 Å². The maximum absolute atomic E-state index is 12.2. The normalized spacial score (nSPS) is 11.5. The monoisotopic (exact) mass is 343 g/mol. The average Bonchev–Trinajstić information content (AvgIpc) is 2.56. The molecule has 2 aromatic rings. The number of hydrogen-bond acceptors (Lipinski definition) is 4. The lowest BCUT2D eigenvalue weighted by Gasteiger charge is -2.18. The molecule has 0 saturated carbocycles. The lowest BCUT2D eigenvalue weighted by Crippen LogP contribution is -2.31. The number of benzene rings is 2. The summed E-state index contributed by atoms with van der Waals surface area (Å²) in [5.74, 6) is 0.349. The van der Waals surface area contributed by atoms with Gasteiger partial charge in [0.2, 0.25) is 0 Å². The van der Waals surface area contributed by atoms with Crippen LogP contribution in [0.3, 0.4) is 0 Å². The van der Waals surface area contributed by atoms with Gasteiger partial charge in [-0.25, -0.2) is 4.79 Å². The molecule has 0 fully saturated rings. The van der Waals surface area contributed by atoms with Gasteiger partial charge in [0.25, 0.3) is 5.69 Å². The minimum atomic E-state index is -0.563. The lowest BCUT2D eigenvalue weighted by atomic mass is 10.0. The molecule has 7 heteroatoms. The van der Waals surface area contributed by atoms with Crippen LogP contribution >= 0.6 is 0 Å². The quantitative estimate of drug-likeness (QED) is 0.631. The minimum absolute atomic E-state index is 0.108. The Labute approximate surface area is 146 Å². The number of carbonyl (C=O) groups is 1. The second kappa shape index (κ2) is 7.65. The SMILES string of the molecule is COc1ccc(NC(=O)N[C@@H](C)c2cc(C)ccc2C)c([N+](=O)[O-])c1. The summed E-state index contributed by atoms with van der Waals surface area (Å²) in [6.45, 7) is 5.82. The Hall–Kier alpha value is -3.09. The van der Waals surface area contributed by atoms with Crippen molar-refractivity contribution in [3.05, 3.63) is 63.2 Å². The second-order valence-corrected chi connectivity index (χ2v) is 5.82. The molecule has 0 saturated heterocycles. The number of rotatable bonds is 5. The van der Waals surface area contributed by atoms with Crippen LogP contribution < -0.4 is 15.4 Å². The van der Waals surface area contributed by atoms with Crippen LogP contribution in [0.2, 0.25) is 0 Å². The third-order valence-electron chi connectivity index (χ3n) is 3.90. The summed E-state index contributed by atoms with van der Waals surface area (Å²) in [5, 5.41) is 16.5. The summed E-state index contributed by atoms with van der Waals surface area (Å²) in [6, 6.07) is 9.52. The number of carbonyl (C=O) groups excluding carboxylic acids is 1. The van der Waals surface area contributed by atoms with E-state index >= 15 is 0 Å². The first-order valence-electron chi connectivity index (χ1n) is 7.79. The second-order valence-electron chi connectivity index (χ2n) is 5.82. The van der Waals surface area contributed by atoms with Crippen molar-refractivity contribution in [3.8, 4) is 5.75 Å². The standard InChI is InChI=1S/C18H21N3O4/c1-11-5-6-12(2)15(9-11)13(3)19-18(22)20-16-8-7-14(25-4)10-17(16)21(23)24/h5-10,13H,1-4H3,(H2,19,20,22)/t13-/m0/s1. The van der Waals surface area contributed by atoms with Crippen molar-refractivity contribution in [2.75, 3.05) is 12.4 Å². The first kappa shape index (κ1) is 18.3. The number of urea groups is 1. The molecule has 1 atom stereocenters. The maximum atomic E-state index is 12.2. The smallest absolute Gasteiger partial charge is 0.319 e. The highest BCUT2D eigenvalue weighted by Crippen LogP contribution is 2.29. The summed E-state index contributed by atoms with van der Waals surface area (Å²) in [4.78, 5) is 22.9. The molecule has 0 aliphatic rings. The molecule has 132 valence electrons. The van der Waals surface area contributed by atoms with E-state index in [2.05, 4.69) is 10.6 Å². The Morgan fingerprint density at radius 1 is 1.20 bits per heavy atom. The molecule has 0 aliphatic carbocycles. The van der Waals surface area contributed by atoms with Crippen molar-refractivity contribution in [2.45, 2.75) is 26.8 Å². The molecule has 2 rings (SSSR count). The number of nitro benzene ring substituents is 1. The van der Waals surface area contributed by atoms with E-state index in [0.717, 1.165) is 16.7 Å². The van der Waals surface area contributed by atoms with Gasteiger partial charge in [-0.2, -0.15) is 0 Å². The van der Waals surface area contributed by atoms with Crippen molar-refractivity contribution in [3.63, 3.8) is 0 Å². The summed E-state index contributed by atoms with van der Waals surface area (Å²) in [7, 11) is 1.42. The molecule has 2 amide bonds. The molecule has 25 heavy (non-hydrogen) atoms. The van der Waals surface area contributed by atoms with Crippen LogP contribution in [0.15, 0.2) is 36.4 Å². The number of aryl methyl sites for hydroxylation is 2. The molecule has 0 heterocycles. The van der Waals surface area contributed by atoms with Crippen molar-refractivity contribution in [1.29, 1.82) is 0 Å². The topological polar surface area (TPSA) is 93.5 Å². The van der Waals surface area contributed by atoms with Gasteiger partial charge in [-0.15, -0.1) is 0 Å². The van der Waals surface area contributed by atoms with Crippen LogP contribution in [0.25, 0.3) is 0 Å². The Balaban J connectivity index is 2.15. The van der Waals surface area contributed by atoms with Gasteiger partial charge in [0.15, 0.2) is 0 Å². The molecule has 0 radical (unpaired) electrons. The molecule has 2 aromatic carbocycles. The Morgan fingerprint density at radius 3 is 2.56 bits per heavy atom. The Bertz CT molecular complexity index is 805. The summed E-state index contributed by atoms with van der Waals surface area (Å²) in [6.07, 6.45) is 0. The third-order valence-corrected chi connectivity index (χ3v) is 3.90. The van der Waals surface area contributed by atoms with E-state index in [0.29, 0.717) is 5.75 Å². The van der Waals surface area contributed by atoms with E-state index in [4.69, 9.17) is 4.74 Å². The maximum Gasteiger partial charge on any atom is 0.319 e.